The standard InChI is InChI=1S/C17H13NO/c1-2-8-14(9-3-1)10-4-7-13-17-18-15-11-5-6-12-16(15)19-17/h1-3,5-6,8-9,11-12H,4,10H2. The molecule has 0 aliphatic carbocycles. The summed E-state index contributed by atoms with van der Waals surface area (Å²) >= 11 is 0. The van der Waals surface area contributed by atoms with Crippen molar-refractivity contribution in [3.05, 3.63) is 66.1 Å². The Kier molecular flexibility index (Phi) is 3.29. The highest BCUT2D eigenvalue weighted by molar-refractivity contribution is 5.72. The van der Waals surface area contributed by atoms with E-state index in [9.17, 15) is 0 Å². The van der Waals surface area contributed by atoms with Gasteiger partial charge in [0.25, 0.3) is 5.89 Å². The minimum absolute atomic E-state index is 0.495. The van der Waals surface area contributed by atoms with Gasteiger partial charge in [-0.05, 0) is 30.0 Å². The summed E-state index contributed by atoms with van der Waals surface area (Å²) in [5.74, 6) is 6.58. The lowest BCUT2D eigenvalue weighted by Crippen LogP contribution is -1.81. The zero-order valence-electron chi connectivity index (χ0n) is 10.5. The molecule has 0 aliphatic rings. The maximum Gasteiger partial charge on any atom is 0.274 e. The van der Waals surface area contributed by atoms with Crippen molar-refractivity contribution in [3.8, 4) is 11.8 Å². The summed E-state index contributed by atoms with van der Waals surface area (Å²) in [5, 5.41) is 0. The predicted octanol–water partition coefficient (Wildman–Crippen LogP) is 3.81. The van der Waals surface area contributed by atoms with E-state index in [2.05, 4.69) is 29.0 Å². The minimum Gasteiger partial charge on any atom is -0.430 e. The number of para-hydroxylation sites is 2. The smallest absolute Gasteiger partial charge is 0.274 e. The second-order valence-electron chi connectivity index (χ2n) is 4.27. The van der Waals surface area contributed by atoms with Gasteiger partial charge in [-0.25, -0.2) is 4.98 Å². The van der Waals surface area contributed by atoms with Crippen LogP contribution in [0.2, 0.25) is 0 Å². The van der Waals surface area contributed by atoms with E-state index in [-0.39, 0.29) is 0 Å². The first-order valence-corrected chi connectivity index (χ1v) is 6.30. The summed E-state index contributed by atoms with van der Waals surface area (Å²) in [7, 11) is 0. The number of aromatic nitrogens is 1. The SMILES string of the molecule is C(#Cc1nc2ccccc2o1)CCc1ccccc1. The molecule has 19 heavy (non-hydrogen) atoms. The zero-order chi connectivity index (χ0) is 12.9. The first-order chi connectivity index (χ1) is 9.42. The van der Waals surface area contributed by atoms with Crippen LogP contribution in [0.25, 0.3) is 11.1 Å². The summed E-state index contributed by atoms with van der Waals surface area (Å²) in [6.45, 7) is 0. The van der Waals surface area contributed by atoms with E-state index in [1.54, 1.807) is 0 Å². The fourth-order valence-electron chi connectivity index (χ4n) is 1.92. The monoisotopic (exact) mass is 247 g/mol. The van der Waals surface area contributed by atoms with Gasteiger partial charge >= 0.3 is 0 Å². The fourth-order valence-corrected chi connectivity index (χ4v) is 1.92. The topological polar surface area (TPSA) is 26.0 Å². The molecular formula is C17H13NO. The van der Waals surface area contributed by atoms with Gasteiger partial charge in [0.15, 0.2) is 5.58 Å². The Morgan fingerprint density at radius 2 is 1.74 bits per heavy atom. The van der Waals surface area contributed by atoms with Gasteiger partial charge in [-0.3, -0.25) is 0 Å². The average molecular weight is 247 g/mol. The number of nitrogens with zero attached hydrogens (tertiary/aromatic N) is 1. The van der Waals surface area contributed by atoms with Crippen LogP contribution < -0.4 is 0 Å². The summed E-state index contributed by atoms with van der Waals surface area (Å²) in [4.78, 5) is 4.32. The van der Waals surface area contributed by atoms with Gasteiger partial charge in [0.2, 0.25) is 0 Å². The highest BCUT2D eigenvalue weighted by atomic mass is 16.3. The molecule has 0 radical (unpaired) electrons. The summed E-state index contributed by atoms with van der Waals surface area (Å²) in [6, 6.07) is 18.0. The van der Waals surface area contributed by atoms with Crippen molar-refractivity contribution in [2.75, 3.05) is 0 Å². The van der Waals surface area contributed by atoms with E-state index < -0.39 is 0 Å². The number of benzene rings is 2. The summed E-state index contributed by atoms with van der Waals surface area (Å²) < 4.78 is 5.54. The van der Waals surface area contributed by atoms with Crippen LogP contribution in [0.15, 0.2) is 59.0 Å². The maximum absolute atomic E-state index is 5.54. The van der Waals surface area contributed by atoms with Gasteiger partial charge in [-0.2, -0.15) is 0 Å². The van der Waals surface area contributed by atoms with Crippen molar-refractivity contribution in [2.45, 2.75) is 12.8 Å². The molecule has 0 spiro atoms. The molecular weight excluding hydrogens is 234 g/mol. The van der Waals surface area contributed by atoms with Gasteiger partial charge < -0.3 is 4.42 Å². The Balaban J connectivity index is 1.67. The van der Waals surface area contributed by atoms with Crippen LogP contribution in [0.5, 0.6) is 0 Å². The van der Waals surface area contributed by atoms with E-state index in [0.717, 1.165) is 23.9 Å². The van der Waals surface area contributed by atoms with Gasteiger partial charge in [-0.1, -0.05) is 48.4 Å². The number of aryl methyl sites for hydroxylation is 1. The fraction of sp³-hybridized carbons (Fsp3) is 0.118. The van der Waals surface area contributed by atoms with Crippen LogP contribution >= 0.6 is 0 Å². The van der Waals surface area contributed by atoms with Crippen molar-refractivity contribution in [2.24, 2.45) is 0 Å². The molecule has 2 heteroatoms. The van der Waals surface area contributed by atoms with Crippen molar-refractivity contribution < 1.29 is 4.42 Å². The Morgan fingerprint density at radius 3 is 2.58 bits per heavy atom. The number of hydrogen-bond acceptors (Lipinski definition) is 2. The van der Waals surface area contributed by atoms with Crippen LogP contribution in [0.3, 0.4) is 0 Å². The van der Waals surface area contributed by atoms with Crippen LogP contribution in [0.4, 0.5) is 0 Å². The molecule has 0 unspecified atom stereocenters. The van der Waals surface area contributed by atoms with E-state index in [1.165, 1.54) is 5.56 Å². The predicted molar refractivity (Wildman–Crippen MR) is 75.7 cm³/mol. The Bertz CT molecular complexity index is 699. The molecule has 2 aromatic carbocycles. The third-order valence-electron chi connectivity index (χ3n) is 2.87. The number of fused-ring (bicyclic) bond motifs is 1. The molecule has 0 aliphatic heterocycles. The Morgan fingerprint density at radius 1 is 0.947 bits per heavy atom. The largest absolute Gasteiger partial charge is 0.430 e. The molecule has 0 bridgehead atoms. The van der Waals surface area contributed by atoms with Gasteiger partial charge in [0, 0.05) is 6.42 Å². The molecule has 1 aromatic heterocycles. The van der Waals surface area contributed by atoms with Crippen LogP contribution in [0, 0.1) is 11.8 Å². The lowest BCUT2D eigenvalue weighted by molar-refractivity contribution is 0.586. The van der Waals surface area contributed by atoms with Crippen LogP contribution in [-0.4, -0.2) is 4.98 Å². The van der Waals surface area contributed by atoms with E-state index in [0.29, 0.717) is 5.89 Å². The molecule has 0 N–H and O–H groups in total. The van der Waals surface area contributed by atoms with Crippen molar-refractivity contribution in [3.63, 3.8) is 0 Å². The second-order valence-corrected chi connectivity index (χ2v) is 4.27. The number of rotatable bonds is 2. The first-order valence-electron chi connectivity index (χ1n) is 6.30. The lowest BCUT2D eigenvalue weighted by Gasteiger charge is -1.94. The van der Waals surface area contributed by atoms with Crippen LogP contribution in [-0.2, 0) is 6.42 Å². The van der Waals surface area contributed by atoms with E-state index in [4.69, 9.17) is 4.42 Å². The third kappa shape index (κ3) is 2.83. The quantitative estimate of drug-likeness (QED) is 0.643. The molecule has 2 nitrogen and oxygen atoms in total. The van der Waals surface area contributed by atoms with Gasteiger partial charge in [-0.15, -0.1) is 0 Å². The molecule has 3 rings (SSSR count). The number of hydrogen-bond donors (Lipinski definition) is 0. The molecule has 0 saturated carbocycles. The van der Waals surface area contributed by atoms with Crippen molar-refractivity contribution >= 4 is 11.1 Å². The summed E-state index contributed by atoms with van der Waals surface area (Å²) in [5.41, 5.74) is 2.94. The van der Waals surface area contributed by atoms with Crippen molar-refractivity contribution in [1.82, 2.24) is 4.98 Å². The molecule has 1 heterocycles. The summed E-state index contributed by atoms with van der Waals surface area (Å²) in [6.07, 6.45) is 1.76. The van der Waals surface area contributed by atoms with E-state index in [1.807, 2.05) is 42.5 Å². The van der Waals surface area contributed by atoms with E-state index >= 15 is 0 Å². The van der Waals surface area contributed by atoms with Gasteiger partial charge in [0.1, 0.15) is 5.52 Å². The normalized spacial score (nSPS) is 10.1. The highest BCUT2D eigenvalue weighted by Gasteiger charge is 2.00. The molecule has 0 atom stereocenters. The minimum atomic E-state index is 0.495. The number of oxazole rings is 1. The molecule has 0 fully saturated rings. The third-order valence-corrected chi connectivity index (χ3v) is 2.87. The highest BCUT2D eigenvalue weighted by Crippen LogP contribution is 2.13. The Labute approximate surface area is 112 Å². The molecule has 0 amide bonds. The first kappa shape index (κ1) is 11.6. The van der Waals surface area contributed by atoms with Crippen LogP contribution in [0.1, 0.15) is 17.9 Å². The average Bonchev–Trinajstić information content (AvgIpc) is 2.87. The Hall–Kier alpha value is -2.53. The van der Waals surface area contributed by atoms with Crippen molar-refractivity contribution in [1.29, 1.82) is 0 Å². The second kappa shape index (κ2) is 5.41. The zero-order valence-corrected chi connectivity index (χ0v) is 10.5. The molecule has 92 valence electrons. The maximum atomic E-state index is 5.54. The molecule has 0 saturated heterocycles. The van der Waals surface area contributed by atoms with Gasteiger partial charge in [0.05, 0.1) is 0 Å². The molecule has 3 aromatic rings. The lowest BCUT2D eigenvalue weighted by atomic mass is 10.1.